The molecule has 138 valence electrons. The van der Waals surface area contributed by atoms with Crippen LogP contribution in [0.3, 0.4) is 0 Å². The second-order valence-corrected chi connectivity index (χ2v) is 6.65. The first-order valence-electron chi connectivity index (χ1n) is 8.76. The van der Waals surface area contributed by atoms with Crippen molar-refractivity contribution in [1.29, 1.82) is 0 Å². The molecule has 0 N–H and O–H groups in total. The number of hydrogen-bond donors (Lipinski definition) is 0. The van der Waals surface area contributed by atoms with Gasteiger partial charge in [-0.1, -0.05) is 29.8 Å². The summed E-state index contributed by atoms with van der Waals surface area (Å²) in [5.74, 6) is -0.0402. The van der Waals surface area contributed by atoms with Crippen LogP contribution in [0, 0.1) is 5.82 Å². The highest BCUT2D eigenvalue weighted by Gasteiger charge is 2.25. The summed E-state index contributed by atoms with van der Waals surface area (Å²) in [5.41, 5.74) is 1.17. The number of hydrogen-bond acceptors (Lipinski definition) is 3. The zero-order chi connectivity index (χ0) is 18.5. The summed E-state index contributed by atoms with van der Waals surface area (Å²) in [6.07, 6.45) is 0. The number of carbonyl (C=O) groups excluding carboxylic acids is 1. The van der Waals surface area contributed by atoms with Crippen LogP contribution >= 0.6 is 11.6 Å². The standard InChI is InChI=1S/C20H22ClFN2O2/c1-2-26-16-8-6-15(7-9-16)14-23-10-12-24(13-11-23)20(25)19-17(21)4-3-5-18(19)22/h3-9H,2,10-14H2,1H3. The second kappa shape index (κ2) is 8.52. The normalized spacial score (nSPS) is 15.1. The molecular formula is C20H22ClFN2O2. The number of piperazine rings is 1. The molecule has 1 aliphatic rings. The van der Waals surface area contributed by atoms with E-state index in [-0.39, 0.29) is 16.5 Å². The van der Waals surface area contributed by atoms with E-state index < -0.39 is 5.82 Å². The van der Waals surface area contributed by atoms with Crippen molar-refractivity contribution in [3.8, 4) is 5.75 Å². The molecule has 6 heteroatoms. The Morgan fingerprint density at radius 1 is 1.12 bits per heavy atom. The number of halogens is 2. The van der Waals surface area contributed by atoms with Gasteiger partial charge in [0.2, 0.25) is 0 Å². The second-order valence-electron chi connectivity index (χ2n) is 6.24. The minimum atomic E-state index is -0.570. The summed E-state index contributed by atoms with van der Waals surface area (Å²) in [5, 5.41) is 0.159. The van der Waals surface area contributed by atoms with Gasteiger partial charge in [0.15, 0.2) is 0 Å². The van der Waals surface area contributed by atoms with E-state index >= 15 is 0 Å². The van der Waals surface area contributed by atoms with Crippen molar-refractivity contribution in [2.24, 2.45) is 0 Å². The van der Waals surface area contributed by atoms with Crippen LogP contribution < -0.4 is 4.74 Å². The Morgan fingerprint density at radius 3 is 2.42 bits per heavy atom. The van der Waals surface area contributed by atoms with Gasteiger partial charge in [-0.25, -0.2) is 4.39 Å². The summed E-state index contributed by atoms with van der Waals surface area (Å²) >= 11 is 6.01. The predicted octanol–water partition coefficient (Wildman–Crippen LogP) is 3.84. The number of ether oxygens (including phenoxy) is 1. The smallest absolute Gasteiger partial charge is 0.258 e. The van der Waals surface area contributed by atoms with Gasteiger partial charge < -0.3 is 9.64 Å². The Labute approximate surface area is 158 Å². The minimum Gasteiger partial charge on any atom is -0.494 e. The Bertz CT molecular complexity index is 739. The Hall–Kier alpha value is -2.11. The number of nitrogens with zero attached hydrogens (tertiary/aromatic N) is 2. The lowest BCUT2D eigenvalue weighted by molar-refractivity contribution is 0.0624. The van der Waals surface area contributed by atoms with E-state index in [1.807, 2.05) is 19.1 Å². The van der Waals surface area contributed by atoms with Gasteiger partial charge in [-0.2, -0.15) is 0 Å². The highest BCUT2D eigenvalue weighted by Crippen LogP contribution is 2.22. The van der Waals surface area contributed by atoms with Crippen LogP contribution in [0.25, 0.3) is 0 Å². The monoisotopic (exact) mass is 376 g/mol. The molecule has 2 aromatic rings. The lowest BCUT2D eigenvalue weighted by atomic mass is 10.1. The molecule has 26 heavy (non-hydrogen) atoms. The summed E-state index contributed by atoms with van der Waals surface area (Å²) in [6.45, 7) is 6.02. The van der Waals surface area contributed by atoms with E-state index in [0.29, 0.717) is 19.7 Å². The topological polar surface area (TPSA) is 32.8 Å². The Morgan fingerprint density at radius 2 is 1.81 bits per heavy atom. The first-order valence-corrected chi connectivity index (χ1v) is 9.13. The molecule has 1 aliphatic heterocycles. The molecule has 1 heterocycles. The van der Waals surface area contributed by atoms with Crippen molar-refractivity contribution in [2.45, 2.75) is 13.5 Å². The first kappa shape index (κ1) is 18.7. The molecule has 1 saturated heterocycles. The van der Waals surface area contributed by atoms with Crippen molar-refractivity contribution < 1.29 is 13.9 Å². The van der Waals surface area contributed by atoms with E-state index in [1.165, 1.54) is 17.7 Å². The third-order valence-corrected chi connectivity index (χ3v) is 4.79. The molecular weight excluding hydrogens is 355 g/mol. The van der Waals surface area contributed by atoms with Crippen LogP contribution in [0.15, 0.2) is 42.5 Å². The van der Waals surface area contributed by atoms with Gasteiger partial charge in [0, 0.05) is 32.7 Å². The Kier molecular flexibility index (Phi) is 6.12. The molecule has 2 aromatic carbocycles. The molecule has 0 aliphatic carbocycles. The number of amides is 1. The highest BCUT2D eigenvalue weighted by molar-refractivity contribution is 6.33. The first-order chi connectivity index (χ1) is 12.6. The van der Waals surface area contributed by atoms with Gasteiger partial charge in [0.25, 0.3) is 5.91 Å². The van der Waals surface area contributed by atoms with Gasteiger partial charge in [-0.15, -0.1) is 0 Å². The number of rotatable bonds is 5. The molecule has 1 fully saturated rings. The van der Waals surface area contributed by atoms with Gasteiger partial charge >= 0.3 is 0 Å². The maximum Gasteiger partial charge on any atom is 0.258 e. The maximum atomic E-state index is 14.0. The van der Waals surface area contributed by atoms with E-state index in [2.05, 4.69) is 17.0 Å². The molecule has 0 aromatic heterocycles. The molecule has 0 unspecified atom stereocenters. The predicted molar refractivity (Wildman–Crippen MR) is 100 cm³/mol. The van der Waals surface area contributed by atoms with Crippen molar-refractivity contribution in [2.75, 3.05) is 32.8 Å². The van der Waals surface area contributed by atoms with Gasteiger partial charge in [0.05, 0.1) is 17.2 Å². The zero-order valence-corrected chi connectivity index (χ0v) is 15.5. The zero-order valence-electron chi connectivity index (χ0n) is 14.8. The molecule has 1 amide bonds. The number of carbonyl (C=O) groups is 1. The minimum absolute atomic E-state index is 0.0332. The van der Waals surface area contributed by atoms with Gasteiger partial charge in [-0.05, 0) is 36.8 Å². The summed E-state index contributed by atoms with van der Waals surface area (Å²) in [6, 6.07) is 12.4. The van der Waals surface area contributed by atoms with E-state index in [4.69, 9.17) is 16.3 Å². The third kappa shape index (κ3) is 4.34. The maximum absolute atomic E-state index is 14.0. The van der Waals surface area contributed by atoms with Gasteiger partial charge in [0.1, 0.15) is 11.6 Å². The van der Waals surface area contributed by atoms with Crippen molar-refractivity contribution >= 4 is 17.5 Å². The fourth-order valence-corrected chi connectivity index (χ4v) is 3.33. The summed E-state index contributed by atoms with van der Waals surface area (Å²) in [7, 11) is 0. The molecule has 0 spiro atoms. The van der Waals surface area contributed by atoms with Gasteiger partial charge in [-0.3, -0.25) is 9.69 Å². The van der Waals surface area contributed by atoms with Crippen molar-refractivity contribution in [1.82, 2.24) is 9.80 Å². The SMILES string of the molecule is CCOc1ccc(CN2CCN(C(=O)c3c(F)cccc3Cl)CC2)cc1. The van der Waals surface area contributed by atoms with E-state index in [9.17, 15) is 9.18 Å². The molecule has 0 radical (unpaired) electrons. The summed E-state index contributed by atoms with van der Waals surface area (Å²) < 4.78 is 19.4. The fourth-order valence-electron chi connectivity index (χ4n) is 3.09. The molecule has 3 rings (SSSR count). The molecule has 0 bridgehead atoms. The van der Waals surface area contributed by atoms with Crippen molar-refractivity contribution in [3.05, 3.63) is 64.4 Å². The largest absolute Gasteiger partial charge is 0.494 e. The Balaban J connectivity index is 1.56. The fraction of sp³-hybridized carbons (Fsp3) is 0.350. The lowest BCUT2D eigenvalue weighted by Gasteiger charge is -2.35. The van der Waals surface area contributed by atoms with Crippen LogP contribution in [-0.2, 0) is 6.54 Å². The average Bonchev–Trinajstić information content (AvgIpc) is 2.64. The van der Waals surface area contributed by atoms with Crippen molar-refractivity contribution in [3.63, 3.8) is 0 Å². The van der Waals surface area contributed by atoms with Crippen LogP contribution in [0.2, 0.25) is 5.02 Å². The average molecular weight is 377 g/mol. The van der Waals surface area contributed by atoms with Crippen LogP contribution in [0.5, 0.6) is 5.75 Å². The van der Waals surface area contributed by atoms with Crippen LogP contribution in [-0.4, -0.2) is 48.5 Å². The third-order valence-electron chi connectivity index (χ3n) is 4.48. The van der Waals surface area contributed by atoms with E-state index in [1.54, 1.807) is 11.0 Å². The number of benzene rings is 2. The lowest BCUT2D eigenvalue weighted by Crippen LogP contribution is -2.48. The molecule has 0 saturated carbocycles. The van der Waals surface area contributed by atoms with E-state index in [0.717, 1.165) is 25.4 Å². The van der Waals surface area contributed by atoms with Crippen LogP contribution in [0.1, 0.15) is 22.8 Å². The quantitative estimate of drug-likeness (QED) is 0.795. The highest BCUT2D eigenvalue weighted by atomic mass is 35.5. The summed E-state index contributed by atoms with van der Waals surface area (Å²) in [4.78, 5) is 16.5. The molecule has 0 atom stereocenters. The molecule has 4 nitrogen and oxygen atoms in total. The van der Waals surface area contributed by atoms with Crippen LogP contribution in [0.4, 0.5) is 4.39 Å².